The predicted molar refractivity (Wildman–Crippen MR) is 73.1 cm³/mol. The predicted octanol–water partition coefficient (Wildman–Crippen LogP) is 2.22. The lowest BCUT2D eigenvalue weighted by Crippen LogP contribution is -2.29. The van der Waals surface area contributed by atoms with Gasteiger partial charge in [0, 0.05) is 13.0 Å². The van der Waals surface area contributed by atoms with Crippen LogP contribution in [-0.4, -0.2) is 19.0 Å². The maximum absolute atomic E-state index is 13.0. The van der Waals surface area contributed by atoms with Crippen LogP contribution >= 0.6 is 0 Å². The lowest BCUT2D eigenvalue weighted by Gasteiger charge is -2.22. The highest BCUT2D eigenvalue weighted by atomic mass is 19.1. The van der Waals surface area contributed by atoms with Gasteiger partial charge in [-0.1, -0.05) is 12.1 Å². The third-order valence-corrected chi connectivity index (χ3v) is 3.62. The molecule has 1 heterocycles. The Kier molecular flexibility index (Phi) is 5.33. The first kappa shape index (κ1) is 14.0. The molecular weight excluding hydrogens is 243 g/mol. The molecule has 2 N–H and O–H groups in total. The highest BCUT2D eigenvalue weighted by molar-refractivity contribution is 5.75. The second-order valence-corrected chi connectivity index (χ2v) is 5.14. The van der Waals surface area contributed by atoms with Gasteiger partial charge in [-0.15, -0.1) is 0 Å². The molecule has 0 bridgehead atoms. The van der Waals surface area contributed by atoms with Crippen LogP contribution < -0.4 is 10.6 Å². The number of carbonyl (C=O) groups excluding carboxylic acids is 1. The van der Waals surface area contributed by atoms with Gasteiger partial charge in [0.15, 0.2) is 0 Å². The van der Waals surface area contributed by atoms with Gasteiger partial charge in [0.25, 0.3) is 0 Å². The Balaban J connectivity index is 1.66. The van der Waals surface area contributed by atoms with Crippen LogP contribution in [-0.2, 0) is 11.3 Å². The third-order valence-electron chi connectivity index (χ3n) is 3.62. The topological polar surface area (TPSA) is 41.1 Å². The molecule has 0 aromatic heterocycles. The van der Waals surface area contributed by atoms with Crippen LogP contribution in [0.2, 0.25) is 0 Å². The first-order chi connectivity index (χ1) is 9.24. The molecule has 0 saturated carbocycles. The van der Waals surface area contributed by atoms with Crippen molar-refractivity contribution in [3.05, 3.63) is 35.6 Å². The molecule has 0 aliphatic carbocycles. The molecule has 1 aliphatic heterocycles. The molecule has 104 valence electrons. The Bertz CT molecular complexity index is 416. The SMILES string of the molecule is O=C(CCC1CCNCC1)NCc1cccc(F)c1. The third kappa shape index (κ3) is 4.99. The van der Waals surface area contributed by atoms with Gasteiger partial charge in [-0.2, -0.15) is 0 Å². The molecule has 0 spiro atoms. The summed E-state index contributed by atoms with van der Waals surface area (Å²) in [5.74, 6) is 0.463. The molecule has 1 aliphatic rings. The summed E-state index contributed by atoms with van der Waals surface area (Å²) in [7, 11) is 0. The van der Waals surface area contributed by atoms with Gasteiger partial charge in [0.05, 0.1) is 0 Å². The zero-order chi connectivity index (χ0) is 13.5. The summed E-state index contributed by atoms with van der Waals surface area (Å²) in [6.45, 7) is 2.54. The molecule has 1 saturated heterocycles. The quantitative estimate of drug-likeness (QED) is 0.856. The van der Waals surface area contributed by atoms with Gasteiger partial charge >= 0.3 is 0 Å². The Labute approximate surface area is 113 Å². The van der Waals surface area contributed by atoms with Gasteiger partial charge in [-0.3, -0.25) is 4.79 Å². The van der Waals surface area contributed by atoms with Crippen LogP contribution in [0.3, 0.4) is 0 Å². The van der Waals surface area contributed by atoms with E-state index in [-0.39, 0.29) is 11.7 Å². The lowest BCUT2D eigenvalue weighted by molar-refractivity contribution is -0.121. The van der Waals surface area contributed by atoms with E-state index in [9.17, 15) is 9.18 Å². The van der Waals surface area contributed by atoms with Crippen LogP contribution in [0.25, 0.3) is 0 Å². The van der Waals surface area contributed by atoms with Gasteiger partial charge in [-0.25, -0.2) is 4.39 Å². The van der Waals surface area contributed by atoms with Gasteiger partial charge in [0.1, 0.15) is 5.82 Å². The Morgan fingerprint density at radius 1 is 1.37 bits per heavy atom. The fourth-order valence-corrected chi connectivity index (χ4v) is 2.44. The first-order valence-electron chi connectivity index (χ1n) is 6.96. The van der Waals surface area contributed by atoms with Crippen molar-refractivity contribution in [2.75, 3.05) is 13.1 Å². The van der Waals surface area contributed by atoms with Crippen LogP contribution in [0.4, 0.5) is 4.39 Å². The number of halogens is 1. The zero-order valence-corrected chi connectivity index (χ0v) is 11.1. The standard InChI is InChI=1S/C15H21FN2O/c16-14-3-1-2-13(10-14)11-18-15(19)5-4-12-6-8-17-9-7-12/h1-3,10,12,17H,4-9,11H2,(H,18,19). The van der Waals surface area contributed by atoms with Crippen LogP contribution in [0.1, 0.15) is 31.2 Å². The Hall–Kier alpha value is -1.42. The number of piperidine rings is 1. The number of hydrogen-bond donors (Lipinski definition) is 2. The van der Waals surface area contributed by atoms with Crippen molar-refractivity contribution >= 4 is 5.91 Å². The van der Waals surface area contributed by atoms with E-state index in [1.54, 1.807) is 6.07 Å². The van der Waals surface area contributed by atoms with E-state index in [0.717, 1.165) is 37.9 Å². The van der Waals surface area contributed by atoms with Crippen molar-refractivity contribution in [1.82, 2.24) is 10.6 Å². The summed E-state index contributed by atoms with van der Waals surface area (Å²) in [6.07, 6.45) is 3.85. The van der Waals surface area contributed by atoms with E-state index in [2.05, 4.69) is 10.6 Å². The Morgan fingerprint density at radius 2 is 2.16 bits per heavy atom. The molecule has 3 nitrogen and oxygen atoms in total. The van der Waals surface area contributed by atoms with Gasteiger partial charge in [-0.05, 0) is 56.0 Å². The highest BCUT2D eigenvalue weighted by Gasteiger charge is 2.14. The summed E-state index contributed by atoms with van der Waals surface area (Å²) in [4.78, 5) is 11.7. The molecule has 1 aromatic rings. The highest BCUT2D eigenvalue weighted by Crippen LogP contribution is 2.17. The van der Waals surface area contributed by atoms with Gasteiger partial charge in [0.2, 0.25) is 5.91 Å². The zero-order valence-electron chi connectivity index (χ0n) is 11.1. The van der Waals surface area contributed by atoms with E-state index < -0.39 is 0 Å². The summed E-state index contributed by atoms with van der Waals surface area (Å²) < 4.78 is 13.0. The molecule has 0 radical (unpaired) electrons. The average molecular weight is 264 g/mol. The number of rotatable bonds is 5. The minimum atomic E-state index is -0.263. The molecule has 0 atom stereocenters. The number of hydrogen-bond acceptors (Lipinski definition) is 2. The Morgan fingerprint density at radius 3 is 2.89 bits per heavy atom. The minimum absolute atomic E-state index is 0.0581. The summed E-state index contributed by atoms with van der Waals surface area (Å²) in [5.41, 5.74) is 0.801. The van der Waals surface area contributed by atoms with Crippen molar-refractivity contribution in [2.45, 2.75) is 32.2 Å². The second kappa shape index (κ2) is 7.24. The molecule has 19 heavy (non-hydrogen) atoms. The maximum atomic E-state index is 13.0. The number of benzene rings is 1. The number of carbonyl (C=O) groups is 1. The van der Waals surface area contributed by atoms with Gasteiger partial charge < -0.3 is 10.6 Å². The molecule has 1 fully saturated rings. The van der Waals surface area contributed by atoms with Crippen molar-refractivity contribution in [3.8, 4) is 0 Å². The van der Waals surface area contributed by atoms with E-state index in [0.29, 0.717) is 18.9 Å². The number of amides is 1. The lowest BCUT2D eigenvalue weighted by atomic mass is 9.93. The molecular formula is C15H21FN2O. The smallest absolute Gasteiger partial charge is 0.220 e. The summed E-state index contributed by atoms with van der Waals surface area (Å²) >= 11 is 0. The van der Waals surface area contributed by atoms with Crippen molar-refractivity contribution in [1.29, 1.82) is 0 Å². The fraction of sp³-hybridized carbons (Fsp3) is 0.533. The fourth-order valence-electron chi connectivity index (χ4n) is 2.44. The summed E-state index contributed by atoms with van der Waals surface area (Å²) in [5, 5.41) is 6.16. The number of nitrogens with one attached hydrogen (secondary N) is 2. The van der Waals surface area contributed by atoms with Crippen molar-refractivity contribution in [3.63, 3.8) is 0 Å². The van der Waals surface area contributed by atoms with Crippen LogP contribution in [0.5, 0.6) is 0 Å². The average Bonchev–Trinajstić information content (AvgIpc) is 2.44. The van der Waals surface area contributed by atoms with Crippen molar-refractivity contribution < 1.29 is 9.18 Å². The van der Waals surface area contributed by atoms with E-state index in [4.69, 9.17) is 0 Å². The van der Waals surface area contributed by atoms with Crippen LogP contribution in [0.15, 0.2) is 24.3 Å². The summed E-state index contributed by atoms with van der Waals surface area (Å²) in [6, 6.07) is 6.33. The molecule has 4 heteroatoms. The second-order valence-electron chi connectivity index (χ2n) is 5.14. The monoisotopic (exact) mass is 264 g/mol. The van der Waals surface area contributed by atoms with Crippen molar-refractivity contribution in [2.24, 2.45) is 5.92 Å². The van der Waals surface area contributed by atoms with E-state index in [1.807, 2.05) is 6.07 Å². The van der Waals surface area contributed by atoms with E-state index in [1.165, 1.54) is 12.1 Å². The van der Waals surface area contributed by atoms with E-state index >= 15 is 0 Å². The minimum Gasteiger partial charge on any atom is -0.352 e. The maximum Gasteiger partial charge on any atom is 0.220 e. The molecule has 0 unspecified atom stereocenters. The molecule has 2 rings (SSSR count). The van der Waals surface area contributed by atoms with Crippen LogP contribution in [0, 0.1) is 11.7 Å². The largest absolute Gasteiger partial charge is 0.352 e. The molecule has 1 aromatic carbocycles. The first-order valence-corrected chi connectivity index (χ1v) is 6.96. The molecule has 1 amide bonds. The normalized spacial score (nSPS) is 16.3.